The van der Waals surface area contributed by atoms with Crippen molar-refractivity contribution in [2.75, 3.05) is 25.2 Å². The van der Waals surface area contributed by atoms with E-state index >= 15 is 0 Å². The molecule has 0 radical (unpaired) electrons. The maximum atomic E-state index is 14.0. The van der Waals surface area contributed by atoms with Crippen molar-refractivity contribution < 1.29 is 63.0 Å². The lowest BCUT2D eigenvalue weighted by molar-refractivity contribution is -0.129. The lowest BCUT2D eigenvalue weighted by Gasteiger charge is -2.39. The third kappa shape index (κ3) is 8.23. The number of halogens is 6. The van der Waals surface area contributed by atoms with Crippen molar-refractivity contribution in [2.45, 2.75) is 96.9 Å². The Morgan fingerprint density at radius 1 is 0.862 bits per heavy atom. The van der Waals surface area contributed by atoms with E-state index in [1.807, 2.05) is 27.7 Å². The molecule has 0 heterocycles. The van der Waals surface area contributed by atoms with Gasteiger partial charge in [0.15, 0.2) is 5.71 Å². The summed E-state index contributed by atoms with van der Waals surface area (Å²) in [5.74, 6) is 1.04. The number of alkyl halides is 6. The number of carbonyl (C=O) groups excluding carboxylic acids is 1. The average molecular weight is 865 g/mol. The van der Waals surface area contributed by atoms with Gasteiger partial charge in [0.1, 0.15) is 17.3 Å². The lowest BCUT2D eigenvalue weighted by atomic mass is 9.65. The summed E-state index contributed by atoms with van der Waals surface area (Å²) >= 11 is -2.21. The number of benzene rings is 2. The van der Waals surface area contributed by atoms with Gasteiger partial charge >= 0.3 is 11.7 Å². The van der Waals surface area contributed by atoms with Gasteiger partial charge in [-0.15, -0.1) is 0 Å². The number of hydrogen-bond acceptors (Lipinski definition) is 10. The number of aliphatic hydroxyl groups excluding tert-OH is 1. The Morgan fingerprint density at radius 3 is 1.90 bits per heavy atom. The molecule has 0 saturated heterocycles. The van der Waals surface area contributed by atoms with Gasteiger partial charge in [0.05, 0.1) is 30.8 Å². The Labute approximate surface area is 338 Å². The first kappa shape index (κ1) is 44.2. The van der Waals surface area contributed by atoms with Crippen molar-refractivity contribution in [1.29, 1.82) is 0 Å². The third-order valence-corrected chi connectivity index (χ3v) is 15.9. The molecule has 322 valence electrons. The van der Waals surface area contributed by atoms with E-state index in [-0.39, 0.29) is 65.4 Å². The maximum absolute atomic E-state index is 14.0. The fraction of sp³-hybridized carbons (Fsp3) is 0.625. The Morgan fingerprint density at radius 2 is 1.43 bits per heavy atom. The molecule has 4 bridgehead atoms. The molecular weight excluding hydrogens is 815 g/mol. The first-order valence-electron chi connectivity index (χ1n) is 19.1. The van der Waals surface area contributed by atoms with Crippen LogP contribution < -0.4 is 9.47 Å². The Bertz CT molecular complexity index is 1920. The van der Waals surface area contributed by atoms with Crippen LogP contribution in [0, 0.1) is 33.5 Å². The monoisotopic (exact) mass is 864 g/mol. The Balaban J connectivity index is 1.02. The number of fused-ring (bicyclic) bond motifs is 4. The highest BCUT2D eigenvalue weighted by Gasteiger charge is 2.65. The molecule has 0 aliphatic heterocycles. The molecule has 0 amide bonds. The smallest absolute Gasteiger partial charge is 0.493 e. The van der Waals surface area contributed by atoms with Gasteiger partial charge in [-0.3, -0.25) is 17.9 Å². The zero-order chi connectivity index (χ0) is 42.5. The highest BCUT2D eigenvalue weighted by molar-refractivity contribution is 8.25. The number of hydrogen-bond donors (Lipinski definition) is 2. The van der Waals surface area contributed by atoms with Crippen molar-refractivity contribution in [3.63, 3.8) is 0 Å². The zero-order valence-corrected chi connectivity index (χ0v) is 34.6. The SMILES string of the molecule is CC1(C)C2CCC1(C/C(=N\OS(C)(O)C(F)(F)F)c1ccc(OCCCOc3ccc(/C(=N/OS(=O)CC45CCC(CC4O)C5(C)C)C(F)(F)F)cc3)cc1)C(=O)C2. The fourth-order valence-electron chi connectivity index (χ4n) is 9.67. The quantitative estimate of drug-likeness (QED) is 0.0738. The van der Waals surface area contributed by atoms with Crippen molar-refractivity contribution in [2.24, 2.45) is 43.8 Å². The average Bonchev–Trinajstić information content (AvgIpc) is 3.67. The van der Waals surface area contributed by atoms with E-state index in [4.69, 9.17) is 18.0 Å². The molecular formula is C40H50F6N2O8S2. The first-order chi connectivity index (χ1) is 26.9. The van der Waals surface area contributed by atoms with Gasteiger partial charge in [-0.05, 0) is 119 Å². The minimum atomic E-state index is -5.03. The molecule has 6 rings (SSSR count). The number of nitrogens with zero attached hydrogens (tertiary/aromatic N) is 2. The second kappa shape index (κ2) is 15.9. The summed E-state index contributed by atoms with van der Waals surface area (Å²) in [6.45, 7) is 8.29. The molecule has 4 saturated carbocycles. The number of rotatable bonds is 16. The Hall–Kier alpha value is -3.35. The van der Waals surface area contributed by atoms with E-state index in [1.165, 1.54) is 24.3 Å². The van der Waals surface area contributed by atoms with Crippen LogP contribution in [0.15, 0.2) is 58.8 Å². The molecule has 4 aliphatic carbocycles. The largest absolute Gasteiger partial charge is 0.506 e. The van der Waals surface area contributed by atoms with Gasteiger partial charge in [0.2, 0.25) is 11.1 Å². The van der Waals surface area contributed by atoms with Crippen LogP contribution in [0.2, 0.25) is 0 Å². The van der Waals surface area contributed by atoms with Gasteiger partial charge in [-0.2, -0.15) is 26.3 Å². The van der Waals surface area contributed by atoms with E-state index in [2.05, 4.69) is 10.3 Å². The molecule has 4 fully saturated rings. The minimum Gasteiger partial charge on any atom is -0.493 e. The van der Waals surface area contributed by atoms with Gasteiger partial charge in [-0.25, -0.2) is 4.21 Å². The number of ether oxygens (including phenoxy) is 2. The zero-order valence-electron chi connectivity index (χ0n) is 33.0. The van der Waals surface area contributed by atoms with E-state index in [1.54, 1.807) is 24.3 Å². The molecule has 18 heteroatoms. The van der Waals surface area contributed by atoms with Crippen LogP contribution >= 0.6 is 10.6 Å². The van der Waals surface area contributed by atoms with Crippen molar-refractivity contribution in [3.8, 4) is 11.5 Å². The molecule has 0 aromatic heterocycles. The van der Waals surface area contributed by atoms with Crippen LogP contribution in [-0.4, -0.2) is 74.1 Å². The number of oxime groups is 2. The van der Waals surface area contributed by atoms with E-state index in [9.17, 15) is 45.0 Å². The van der Waals surface area contributed by atoms with Crippen LogP contribution in [0.1, 0.15) is 90.2 Å². The normalized spacial score (nSPS) is 29.9. The maximum Gasteiger partial charge on any atom is 0.506 e. The van der Waals surface area contributed by atoms with E-state index < -0.39 is 61.4 Å². The summed E-state index contributed by atoms with van der Waals surface area (Å²) in [5, 5.41) is 17.8. The number of Topliss-reactive ketones (excluding diaryl/α,β-unsaturated/α-hetero) is 1. The predicted octanol–water partition coefficient (Wildman–Crippen LogP) is 9.52. The van der Waals surface area contributed by atoms with Gasteiger partial charge < -0.3 is 14.6 Å². The topological polar surface area (TPSA) is 136 Å². The molecule has 7 atom stereocenters. The van der Waals surface area contributed by atoms with E-state index in [0.29, 0.717) is 49.7 Å². The third-order valence-electron chi connectivity index (χ3n) is 13.7. The molecule has 7 unspecified atom stereocenters. The molecule has 2 aromatic carbocycles. The number of carbonyl (C=O) groups is 1. The molecule has 58 heavy (non-hydrogen) atoms. The molecule has 10 nitrogen and oxygen atoms in total. The standard InChI is InChI=1S/C40H50F6N2O8S2/c1-35(2)27-15-17-37(35,32(49)21-27)23-31(47-56-58(5,52)40(44,45)46)25-7-11-29(12-8-25)53-19-6-20-54-30-13-9-26(10-14-30)34(39(41,42)43)48-55-57(51)24-38-18-16-28(22-33(38)50)36(38,3)4/h7-14,27-28,33,50,52H,6,15-24H2,1-5H3/b47-31+,48-34-. The second-order valence-electron chi connectivity index (χ2n) is 17.1. The molecule has 2 N–H and O–H groups in total. The number of aliphatic hydroxyl groups is 1. The first-order valence-corrected chi connectivity index (χ1v) is 22.3. The minimum absolute atomic E-state index is 0.0425. The highest BCUT2D eigenvalue weighted by atomic mass is 32.3. The van der Waals surface area contributed by atoms with Crippen LogP contribution in [0.4, 0.5) is 26.3 Å². The summed E-state index contributed by atoms with van der Waals surface area (Å²) in [4.78, 5) is 13.2. The second-order valence-corrected chi connectivity index (χ2v) is 20.4. The van der Waals surface area contributed by atoms with Crippen molar-refractivity contribution in [1.82, 2.24) is 0 Å². The molecule has 4 aliphatic rings. The summed E-state index contributed by atoms with van der Waals surface area (Å²) in [6, 6.07) is 11.4. The van der Waals surface area contributed by atoms with Crippen molar-refractivity contribution in [3.05, 3.63) is 59.7 Å². The summed E-state index contributed by atoms with van der Waals surface area (Å²) in [5.41, 5.74) is -8.46. The predicted molar refractivity (Wildman–Crippen MR) is 208 cm³/mol. The van der Waals surface area contributed by atoms with E-state index in [0.717, 1.165) is 12.8 Å². The number of ketones is 1. The van der Waals surface area contributed by atoms with Gasteiger partial charge in [0.25, 0.3) is 0 Å². The highest BCUT2D eigenvalue weighted by Crippen LogP contribution is 2.67. The van der Waals surface area contributed by atoms with Gasteiger partial charge in [0, 0.05) is 41.9 Å². The molecule has 2 aromatic rings. The van der Waals surface area contributed by atoms with Crippen molar-refractivity contribution >= 4 is 38.9 Å². The molecule has 0 spiro atoms. The fourth-order valence-corrected chi connectivity index (χ4v) is 11.3. The summed E-state index contributed by atoms with van der Waals surface area (Å²) < 4.78 is 126. The summed E-state index contributed by atoms with van der Waals surface area (Å²) in [6.07, 6.45) is -0.849. The van der Waals surface area contributed by atoms with Crippen LogP contribution in [-0.2, 0) is 24.4 Å². The van der Waals surface area contributed by atoms with Gasteiger partial charge in [-0.1, -0.05) is 38.0 Å². The lowest BCUT2D eigenvalue weighted by Crippen LogP contribution is -2.43. The Kier molecular flexibility index (Phi) is 12.1. The summed E-state index contributed by atoms with van der Waals surface area (Å²) in [7, 11) is -4.55. The van der Waals surface area contributed by atoms with Crippen LogP contribution in [0.5, 0.6) is 11.5 Å². The van der Waals surface area contributed by atoms with Crippen LogP contribution in [0.3, 0.4) is 0 Å². The van der Waals surface area contributed by atoms with Crippen LogP contribution in [0.25, 0.3) is 0 Å².